The highest BCUT2D eigenvalue weighted by atomic mass is 16.6. The van der Waals surface area contributed by atoms with Crippen molar-refractivity contribution in [3.05, 3.63) is 48.5 Å². The van der Waals surface area contributed by atoms with Gasteiger partial charge in [0.25, 0.3) is 0 Å². The number of ether oxygens (including phenoxy) is 3. The lowest BCUT2D eigenvalue weighted by atomic mass is 10.3. The molecule has 0 saturated carbocycles. The van der Waals surface area contributed by atoms with Crippen LogP contribution >= 0.6 is 0 Å². The van der Waals surface area contributed by atoms with Crippen molar-refractivity contribution in [3.8, 4) is 23.0 Å². The Hall–Kier alpha value is -2.82. The minimum atomic E-state index is -0.514. The highest BCUT2D eigenvalue weighted by Crippen LogP contribution is 2.33. The van der Waals surface area contributed by atoms with E-state index in [4.69, 9.17) is 14.2 Å². The first kappa shape index (κ1) is 14.6. The minimum absolute atomic E-state index is 0.131. The van der Waals surface area contributed by atoms with E-state index in [0.717, 1.165) is 0 Å². The molecule has 0 fully saturated rings. The second-order valence-electron chi connectivity index (χ2n) is 4.21. The summed E-state index contributed by atoms with van der Waals surface area (Å²) in [6.45, 7) is 2.54. The molecule has 5 heteroatoms. The third-order valence-corrected chi connectivity index (χ3v) is 2.40. The zero-order valence-electron chi connectivity index (χ0n) is 11.7. The van der Waals surface area contributed by atoms with Crippen molar-refractivity contribution in [2.45, 2.75) is 13.8 Å². The van der Waals surface area contributed by atoms with Gasteiger partial charge in [-0.25, -0.2) is 0 Å². The summed E-state index contributed by atoms with van der Waals surface area (Å²) in [5.41, 5.74) is 0. The zero-order valence-corrected chi connectivity index (χ0v) is 11.7. The molecule has 0 bridgehead atoms. The van der Waals surface area contributed by atoms with Crippen LogP contribution in [0, 0.1) is 0 Å². The number of hydrogen-bond acceptors (Lipinski definition) is 5. The molecule has 0 heterocycles. The topological polar surface area (TPSA) is 61.8 Å². The summed E-state index contributed by atoms with van der Waals surface area (Å²) in [6, 6.07) is 13.8. The van der Waals surface area contributed by atoms with Crippen molar-refractivity contribution in [3.63, 3.8) is 0 Å². The third kappa shape index (κ3) is 4.35. The van der Waals surface area contributed by atoms with Crippen LogP contribution in [0.1, 0.15) is 13.8 Å². The highest BCUT2D eigenvalue weighted by molar-refractivity contribution is 5.74. The van der Waals surface area contributed by atoms with Crippen LogP contribution in [-0.2, 0) is 9.59 Å². The fourth-order valence-electron chi connectivity index (χ4n) is 1.65. The summed E-state index contributed by atoms with van der Waals surface area (Å²) >= 11 is 0. The molecule has 0 unspecified atom stereocenters. The van der Waals surface area contributed by atoms with Gasteiger partial charge in [0.15, 0.2) is 11.5 Å². The van der Waals surface area contributed by atoms with Crippen molar-refractivity contribution in [2.24, 2.45) is 0 Å². The molecular weight excluding hydrogens is 272 g/mol. The Kier molecular flexibility index (Phi) is 4.56. The van der Waals surface area contributed by atoms with Gasteiger partial charge in [-0.05, 0) is 24.3 Å². The molecule has 0 spiro atoms. The first-order valence-electron chi connectivity index (χ1n) is 6.28. The summed E-state index contributed by atoms with van der Waals surface area (Å²) in [6.07, 6.45) is 0. The van der Waals surface area contributed by atoms with E-state index < -0.39 is 11.9 Å². The molecule has 0 aliphatic rings. The molecule has 108 valence electrons. The molecule has 0 aliphatic heterocycles. The van der Waals surface area contributed by atoms with E-state index in [9.17, 15) is 9.59 Å². The predicted octanol–water partition coefficient (Wildman–Crippen LogP) is 3.33. The molecule has 0 radical (unpaired) electrons. The number of benzene rings is 2. The molecule has 2 aromatic rings. The lowest BCUT2D eigenvalue weighted by Gasteiger charge is -2.11. The Morgan fingerprint density at radius 1 is 0.762 bits per heavy atom. The van der Waals surface area contributed by atoms with Gasteiger partial charge in [-0.15, -0.1) is 0 Å². The molecule has 0 aromatic heterocycles. The van der Waals surface area contributed by atoms with Gasteiger partial charge in [-0.2, -0.15) is 0 Å². The van der Waals surface area contributed by atoms with Crippen LogP contribution in [-0.4, -0.2) is 11.9 Å². The van der Waals surface area contributed by atoms with Gasteiger partial charge in [-0.1, -0.05) is 18.2 Å². The van der Waals surface area contributed by atoms with E-state index in [2.05, 4.69) is 0 Å². The summed E-state index contributed by atoms with van der Waals surface area (Å²) in [5, 5.41) is 0. The summed E-state index contributed by atoms with van der Waals surface area (Å²) in [4.78, 5) is 22.2. The molecule has 21 heavy (non-hydrogen) atoms. The third-order valence-electron chi connectivity index (χ3n) is 2.40. The summed E-state index contributed by atoms with van der Waals surface area (Å²) in [5.74, 6) is 0.393. The maximum atomic E-state index is 11.1. The van der Waals surface area contributed by atoms with E-state index >= 15 is 0 Å². The molecule has 2 rings (SSSR count). The quantitative estimate of drug-likeness (QED) is 0.637. The smallest absolute Gasteiger partial charge is 0.308 e. The number of carbonyl (C=O) groups is 2. The Labute approximate surface area is 122 Å². The average Bonchev–Trinajstić information content (AvgIpc) is 2.42. The van der Waals surface area contributed by atoms with Gasteiger partial charge < -0.3 is 14.2 Å². The Bertz CT molecular complexity index is 649. The standard InChI is InChI=1S/C16H14O5/c1-11(17)19-15-9-8-14(10-16(15)20-12(2)18)21-13-6-4-3-5-7-13/h3-10H,1-2H3. The van der Waals surface area contributed by atoms with Gasteiger partial charge in [0.1, 0.15) is 11.5 Å². The number of carbonyl (C=O) groups excluding carboxylic acids is 2. The average molecular weight is 286 g/mol. The monoisotopic (exact) mass is 286 g/mol. The van der Waals surface area contributed by atoms with Gasteiger partial charge in [-0.3, -0.25) is 9.59 Å². The van der Waals surface area contributed by atoms with E-state index in [1.54, 1.807) is 18.2 Å². The van der Waals surface area contributed by atoms with Crippen LogP contribution in [0.25, 0.3) is 0 Å². The Morgan fingerprint density at radius 3 is 2.00 bits per heavy atom. The van der Waals surface area contributed by atoms with Gasteiger partial charge in [0, 0.05) is 19.9 Å². The fraction of sp³-hybridized carbons (Fsp3) is 0.125. The molecular formula is C16H14O5. The lowest BCUT2D eigenvalue weighted by Crippen LogP contribution is -2.07. The van der Waals surface area contributed by atoms with E-state index in [0.29, 0.717) is 11.5 Å². The van der Waals surface area contributed by atoms with E-state index in [1.807, 2.05) is 18.2 Å². The number of esters is 2. The minimum Gasteiger partial charge on any atom is -0.457 e. The van der Waals surface area contributed by atoms with Crippen molar-refractivity contribution >= 4 is 11.9 Å². The molecule has 0 amide bonds. The highest BCUT2D eigenvalue weighted by Gasteiger charge is 2.12. The molecule has 0 atom stereocenters. The maximum Gasteiger partial charge on any atom is 0.308 e. The van der Waals surface area contributed by atoms with Crippen molar-refractivity contribution in [2.75, 3.05) is 0 Å². The SMILES string of the molecule is CC(=O)Oc1ccc(Oc2ccccc2)cc1OC(C)=O. The summed E-state index contributed by atoms with van der Waals surface area (Å²) in [7, 11) is 0. The first-order chi connectivity index (χ1) is 10.0. The Morgan fingerprint density at radius 2 is 1.38 bits per heavy atom. The van der Waals surface area contributed by atoms with Crippen LogP contribution in [0.15, 0.2) is 48.5 Å². The number of rotatable bonds is 4. The summed E-state index contributed by atoms with van der Waals surface area (Å²) < 4.78 is 15.6. The van der Waals surface area contributed by atoms with Crippen molar-refractivity contribution in [1.29, 1.82) is 0 Å². The van der Waals surface area contributed by atoms with Gasteiger partial charge >= 0.3 is 11.9 Å². The molecule has 0 saturated heterocycles. The predicted molar refractivity (Wildman–Crippen MR) is 75.6 cm³/mol. The fourth-order valence-corrected chi connectivity index (χ4v) is 1.65. The number of para-hydroxylation sites is 1. The normalized spacial score (nSPS) is 9.81. The molecule has 0 aliphatic carbocycles. The number of hydrogen-bond donors (Lipinski definition) is 0. The first-order valence-corrected chi connectivity index (χ1v) is 6.28. The zero-order chi connectivity index (χ0) is 15.2. The van der Waals surface area contributed by atoms with Gasteiger partial charge in [0.2, 0.25) is 0 Å². The van der Waals surface area contributed by atoms with E-state index in [-0.39, 0.29) is 11.5 Å². The molecule has 5 nitrogen and oxygen atoms in total. The van der Waals surface area contributed by atoms with Crippen LogP contribution in [0.5, 0.6) is 23.0 Å². The van der Waals surface area contributed by atoms with Crippen LogP contribution in [0.3, 0.4) is 0 Å². The lowest BCUT2D eigenvalue weighted by molar-refractivity contribution is -0.134. The largest absolute Gasteiger partial charge is 0.457 e. The van der Waals surface area contributed by atoms with Crippen LogP contribution < -0.4 is 14.2 Å². The molecule has 0 N–H and O–H groups in total. The van der Waals surface area contributed by atoms with Crippen LogP contribution in [0.2, 0.25) is 0 Å². The second-order valence-corrected chi connectivity index (χ2v) is 4.21. The second kappa shape index (κ2) is 6.56. The maximum absolute atomic E-state index is 11.1. The van der Waals surface area contributed by atoms with Crippen LogP contribution in [0.4, 0.5) is 0 Å². The van der Waals surface area contributed by atoms with Crippen molar-refractivity contribution in [1.82, 2.24) is 0 Å². The molecule has 2 aromatic carbocycles. The van der Waals surface area contributed by atoms with E-state index in [1.165, 1.54) is 26.0 Å². The Balaban J connectivity index is 2.27. The van der Waals surface area contributed by atoms with Crippen molar-refractivity contribution < 1.29 is 23.8 Å². The van der Waals surface area contributed by atoms with Gasteiger partial charge in [0.05, 0.1) is 0 Å².